The molecule has 4 heteroatoms. The fourth-order valence-corrected chi connectivity index (χ4v) is 2.52. The van der Waals surface area contributed by atoms with Crippen molar-refractivity contribution < 1.29 is 9.53 Å². The SMILES string of the molecule is CCOc1ccccc1C(=O)N[C@@H]1CCCC[C@H]1N. The van der Waals surface area contributed by atoms with Crippen molar-refractivity contribution in [3.8, 4) is 5.75 Å². The lowest BCUT2D eigenvalue weighted by molar-refractivity contribution is 0.0917. The standard InChI is InChI=1S/C15H22N2O2/c1-2-19-14-10-6-3-7-11(14)15(18)17-13-9-5-4-8-12(13)16/h3,6-7,10,12-13H,2,4-5,8-9,16H2,1H3,(H,17,18)/t12-,13-/m1/s1. The van der Waals surface area contributed by atoms with E-state index in [9.17, 15) is 4.79 Å². The van der Waals surface area contributed by atoms with Gasteiger partial charge in [-0.3, -0.25) is 4.79 Å². The second-order valence-electron chi connectivity index (χ2n) is 4.96. The van der Waals surface area contributed by atoms with Gasteiger partial charge in [-0.25, -0.2) is 0 Å². The van der Waals surface area contributed by atoms with Crippen LogP contribution >= 0.6 is 0 Å². The summed E-state index contributed by atoms with van der Waals surface area (Å²) in [6, 6.07) is 7.47. The first-order valence-corrected chi connectivity index (χ1v) is 7.00. The Labute approximate surface area is 114 Å². The van der Waals surface area contributed by atoms with Crippen LogP contribution in [0.25, 0.3) is 0 Å². The molecular formula is C15H22N2O2. The van der Waals surface area contributed by atoms with Crippen molar-refractivity contribution in [1.82, 2.24) is 5.32 Å². The van der Waals surface area contributed by atoms with Crippen LogP contribution in [0.4, 0.5) is 0 Å². The summed E-state index contributed by atoms with van der Waals surface area (Å²) >= 11 is 0. The summed E-state index contributed by atoms with van der Waals surface area (Å²) in [6.45, 7) is 2.46. The number of hydrogen-bond donors (Lipinski definition) is 2. The van der Waals surface area contributed by atoms with Gasteiger partial charge in [0.05, 0.1) is 12.2 Å². The molecule has 19 heavy (non-hydrogen) atoms. The molecule has 1 fully saturated rings. The molecule has 4 nitrogen and oxygen atoms in total. The molecule has 0 heterocycles. The Bertz CT molecular complexity index is 434. The smallest absolute Gasteiger partial charge is 0.255 e. The van der Waals surface area contributed by atoms with Crippen LogP contribution < -0.4 is 15.8 Å². The molecule has 1 amide bonds. The first-order chi connectivity index (χ1) is 9.22. The molecule has 1 aromatic carbocycles. The van der Waals surface area contributed by atoms with E-state index >= 15 is 0 Å². The lowest BCUT2D eigenvalue weighted by Gasteiger charge is -2.29. The van der Waals surface area contributed by atoms with Gasteiger partial charge in [-0.15, -0.1) is 0 Å². The van der Waals surface area contributed by atoms with Crippen LogP contribution in [0.5, 0.6) is 5.75 Å². The summed E-state index contributed by atoms with van der Waals surface area (Å²) in [7, 11) is 0. The molecule has 1 aromatic rings. The molecule has 0 bridgehead atoms. The Morgan fingerprint density at radius 3 is 2.84 bits per heavy atom. The average Bonchev–Trinajstić information content (AvgIpc) is 2.42. The summed E-state index contributed by atoms with van der Waals surface area (Å²) in [5.41, 5.74) is 6.64. The molecule has 1 saturated carbocycles. The second kappa shape index (κ2) is 6.57. The third kappa shape index (κ3) is 3.47. The van der Waals surface area contributed by atoms with Gasteiger partial charge in [-0.1, -0.05) is 25.0 Å². The molecule has 0 aromatic heterocycles. The Morgan fingerprint density at radius 1 is 1.37 bits per heavy atom. The first kappa shape index (κ1) is 13.9. The average molecular weight is 262 g/mol. The third-order valence-corrected chi connectivity index (χ3v) is 3.57. The summed E-state index contributed by atoms with van der Waals surface area (Å²) in [5, 5.41) is 3.04. The van der Waals surface area contributed by atoms with Crippen LogP contribution in [0.2, 0.25) is 0 Å². The summed E-state index contributed by atoms with van der Waals surface area (Å²) in [4.78, 5) is 12.3. The topological polar surface area (TPSA) is 64.3 Å². The molecule has 2 atom stereocenters. The van der Waals surface area contributed by atoms with Crippen molar-refractivity contribution in [2.75, 3.05) is 6.61 Å². The normalized spacial score (nSPS) is 22.8. The van der Waals surface area contributed by atoms with Crippen LogP contribution in [0.15, 0.2) is 24.3 Å². The maximum absolute atomic E-state index is 12.3. The predicted molar refractivity (Wildman–Crippen MR) is 75.3 cm³/mol. The zero-order valence-corrected chi connectivity index (χ0v) is 11.4. The minimum Gasteiger partial charge on any atom is -0.493 e. The number of carbonyl (C=O) groups excluding carboxylic acids is 1. The molecule has 104 valence electrons. The Balaban J connectivity index is 2.06. The van der Waals surface area contributed by atoms with Gasteiger partial charge in [-0.05, 0) is 31.9 Å². The highest BCUT2D eigenvalue weighted by molar-refractivity contribution is 5.97. The highest BCUT2D eigenvalue weighted by Crippen LogP contribution is 2.20. The number of amides is 1. The molecule has 0 unspecified atom stereocenters. The molecule has 0 spiro atoms. The van der Waals surface area contributed by atoms with E-state index in [-0.39, 0.29) is 18.0 Å². The fourth-order valence-electron chi connectivity index (χ4n) is 2.52. The van der Waals surface area contributed by atoms with Crippen LogP contribution in [-0.4, -0.2) is 24.6 Å². The molecule has 0 radical (unpaired) electrons. The van der Waals surface area contributed by atoms with E-state index in [4.69, 9.17) is 10.5 Å². The van der Waals surface area contributed by atoms with Crippen molar-refractivity contribution in [1.29, 1.82) is 0 Å². The molecule has 1 aliphatic carbocycles. The van der Waals surface area contributed by atoms with Crippen LogP contribution in [-0.2, 0) is 0 Å². The number of rotatable bonds is 4. The molecule has 0 aliphatic heterocycles. The monoisotopic (exact) mass is 262 g/mol. The van der Waals surface area contributed by atoms with Crippen molar-refractivity contribution in [3.05, 3.63) is 29.8 Å². The maximum Gasteiger partial charge on any atom is 0.255 e. The van der Waals surface area contributed by atoms with E-state index in [2.05, 4.69) is 5.32 Å². The highest BCUT2D eigenvalue weighted by Gasteiger charge is 2.24. The van der Waals surface area contributed by atoms with Gasteiger partial charge in [-0.2, -0.15) is 0 Å². The highest BCUT2D eigenvalue weighted by atomic mass is 16.5. The first-order valence-electron chi connectivity index (χ1n) is 7.00. The van der Waals surface area contributed by atoms with Gasteiger partial charge in [0.2, 0.25) is 0 Å². The lowest BCUT2D eigenvalue weighted by atomic mass is 9.91. The largest absolute Gasteiger partial charge is 0.493 e. The van der Waals surface area contributed by atoms with Gasteiger partial charge >= 0.3 is 0 Å². The van der Waals surface area contributed by atoms with Gasteiger partial charge in [0.15, 0.2) is 0 Å². The van der Waals surface area contributed by atoms with Crippen LogP contribution in [0, 0.1) is 0 Å². The number of nitrogens with one attached hydrogen (secondary N) is 1. The summed E-state index contributed by atoms with van der Waals surface area (Å²) in [6.07, 6.45) is 4.23. The molecule has 1 aliphatic rings. The van der Waals surface area contributed by atoms with Gasteiger partial charge in [0, 0.05) is 12.1 Å². The quantitative estimate of drug-likeness (QED) is 0.873. The van der Waals surface area contributed by atoms with E-state index in [1.807, 2.05) is 25.1 Å². The van der Waals surface area contributed by atoms with E-state index in [1.54, 1.807) is 6.07 Å². The van der Waals surface area contributed by atoms with E-state index in [1.165, 1.54) is 0 Å². The Morgan fingerprint density at radius 2 is 2.11 bits per heavy atom. The molecule has 0 saturated heterocycles. The van der Waals surface area contributed by atoms with Crippen molar-refractivity contribution in [2.45, 2.75) is 44.7 Å². The number of para-hydroxylation sites is 1. The van der Waals surface area contributed by atoms with Gasteiger partial charge in [0.1, 0.15) is 5.75 Å². The lowest BCUT2D eigenvalue weighted by Crippen LogP contribution is -2.49. The van der Waals surface area contributed by atoms with Crippen molar-refractivity contribution in [2.24, 2.45) is 5.73 Å². The third-order valence-electron chi connectivity index (χ3n) is 3.57. The number of hydrogen-bond acceptors (Lipinski definition) is 3. The zero-order valence-electron chi connectivity index (χ0n) is 11.4. The van der Waals surface area contributed by atoms with Crippen molar-refractivity contribution in [3.63, 3.8) is 0 Å². The molecule has 3 N–H and O–H groups in total. The van der Waals surface area contributed by atoms with E-state index in [0.717, 1.165) is 25.7 Å². The van der Waals surface area contributed by atoms with Gasteiger partial charge in [0.25, 0.3) is 5.91 Å². The second-order valence-corrected chi connectivity index (χ2v) is 4.96. The summed E-state index contributed by atoms with van der Waals surface area (Å²) in [5.74, 6) is 0.540. The molecule has 2 rings (SSSR count). The fraction of sp³-hybridized carbons (Fsp3) is 0.533. The summed E-state index contributed by atoms with van der Waals surface area (Å²) < 4.78 is 5.48. The van der Waals surface area contributed by atoms with Crippen molar-refractivity contribution >= 4 is 5.91 Å². The van der Waals surface area contributed by atoms with E-state index in [0.29, 0.717) is 17.9 Å². The number of ether oxygens (including phenoxy) is 1. The Kier molecular flexibility index (Phi) is 4.80. The molecular weight excluding hydrogens is 240 g/mol. The van der Waals surface area contributed by atoms with Gasteiger partial charge < -0.3 is 15.8 Å². The zero-order chi connectivity index (χ0) is 13.7. The van der Waals surface area contributed by atoms with E-state index < -0.39 is 0 Å². The number of carbonyl (C=O) groups is 1. The van der Waals surface area contributed by atoms with Crippen LogP contribution in [0.3, 0.4) is 0 Å². The maximum atomic E-state index is 12.3. The minimum atomic E-state index is -0.0913. The Hall–Kier alpha value is -1.55. The minimum absolute atomic E-state index is 0.0666. The number of benzene rings is 1. The predicted octanol–water partition coefficient (Wildman–Crippen LogP) is 2.08. The number of nitrogens with two attached hydrogens (primary N) is 1. The van der Waals surface area contributed by atoms with Crippen LogP contribution in [0.1, 0.15) is 43.0 Å².